The van der Waals surface area contributed by atoms with Crippen LogP contribution >= 0.6 is 11.6 Å². The summed E-state index contributed by atoms with van der Waals surface area (Å²) < 4.78 is 7.45. The van der Waals surface area contributed by atoms with Gasteiger partial charge in [-0.25, -0.2) is 0 Å². The van der Waals surface area contributed by atoms with E-state index in [0.29, 0.717) is 47.0 Å². The summed E-state index contributed by atoms with van der Waals surface area (Å²) >= 11 is 6.13. The zero-order valence-corrected chi connectivity index (χ0v) is 20.0. The van der Waals surface area contributed by atoms with Crippen molar-refractivity contribution < 1.29 is 9.53 Å². The molecule has 3 aliphatic carbocycles. The minimum Gasteiger partial charge on any atom is -0.378 e. The number of allylic oxidation sites excluding steroid dienone is 2. The van der Waals surface area contributed by atoms with Crippen LogP contribution in [0.4, 0.5) is 0 Å². The van der Waals surface area contributed by atoms with Crippen LogP contribution in [-0.2, 0) is 24.3 Å². The SMILES string of the molecule is COCc1c(C(=O)NC[C@@H]2C[C@H]3C=C[C@H]2C32CC2)c(=O)cc(C)n1CCc1cccc(Cl)c1. The topological polar surface area (TPSA) is 60.3 Å². The number of nitrogens with one attached hydrogen (secondary N) is 1. The maximum Gasteiger partial charge on any atom is 0.257 e. The van der Waals surface area contributed by atoms with E-state index >= 15 is 0 Å². The van der Waals surface area contributed by atoms with Gasteiger partial charge in [-0.05, 0) is 73.5 Å². The van der Waals surface area contributed by atoms with Crippen molar-refractivity contribution >= 4 is 17.5 Å². The third kappa shape index (κ3) is 4.06. The van der Waals surface area contributed by atoms with Crippen molar-refractivity contribution in [2.24, 2.45) is 23.2 Å². The van der Waals surface area contributed by atoms with Gasteiger partial charge in [0.05, 0.1) is 12.3 Å². The third-order valence-electron chi connectivity index (χ3n) is 8.02. The molecule has 2 fully saturated rings. The van der Waals surface area contributed by atoms with Gasteiger partial charge in [-0.15, -0.1) is 0 Å². The number of hydrogen-bond donors (Lipinski definition) is 1. The number of carbonyl (C=O) groups excluding carboxylic acids is 1. The van der Waals surface area contributed by atoms with Crippen LogP contribution in [-0.4, -0.2) is 24.1 Å². The lowest BCUT2D eigenvalue weighted by Crippen LogP contribution is -2.36. The van der Waals surface area contributed by atoms with Gasteiger partial charge in [-0.2, -0.15) is 0 Å². The summed E-state index contributed by atoms with van der Waals surface area (Å²) in [5.74, 6) is 1.43. The fourth-order valence-corrected chi connectivity index (χ4v) is 6.49. The number of hydrogen-bond acceptors (Lipinski definition) is 3. The number of benzene rings is 1. The van der Waals surface area contributed by atoms with Gasteiger partial charge in [-0.1, -0.05) is 35.9 Å². The zero-order valence-electron chi connectivity index (χ0n) is 19.3. The molecule has 1 spiro atoms. The van der Waals surface area contributed by atoms with Crippen molar-refractivity contribution in [1.29, 1.82) is 0 Å². The average Bonchev–Trinajstić information content (AvgIpc) is 3.45. The molecule has 1 N–H and O–H groups in total. The molecule has 33 heavy (non-hydrogen) atoms. The summed E-state index contributed by atoms with van der Waals surface area (Å²) in [5.41, 5.74) is 3.00. The third-order valence-corrected chi connectivity index (χ3v) is 8.25. The highest BCUT2D eigenvalue weighted by Crippen LogP contribution is 2.69. The molecule has 0 aliphatic heterocycles. The van der Waals surface area contributed by atoms with Crippen LogP contribution < -0.4 is 10.7 Å². The van der Waals surface area contributed by atoms with Crippen molar-refractivity contribution in [3.8, 4) is 0 Å². The van der Waals surface area contributed by atoms with Crippen LogP contribution in [0.3, 0.4) is 0 Å². The summed E-state index contributed by atoms with van der Waals surface area (Å²) in [5, 5.41) is 3.80. The van der Waals surface area contributed by atoms with Gasteiger partial charge in [0.1, 0.15) is 5.56 Å². The van der Waals surface area contributed by atoms with Gasteiger partial charge in [0.25, 0.3) is 5.91 Å². The number of ether oxygens (including phenoxy) is 1. The predicted molar refractivity (Wildman–Crippen MR) is 130 cm³/mol. The fraction of sp³-hybridized carbons (Fsp3) is 0.481. The molecule has 0 unspecified atom stereocenters. The van der Waals surface area contributed by atoms with E-state index in [0.717, 1.165) is 24.1 Å². The Balaban J connectivity index is 1.35. The monoisotopic (exact) mass is 466 g/mol. The first-order valence-electron chi connectivity index (χ1n) is 11.9. The molecule has 1 aromatic carbocycles. The van der Waals surface area contributed by atoms with E-state index < -0.39 is 0 Å². The number of methoxy groups -OCH3 is 1. The highest BCUT2D eigenvalue weighted by Gasteiger charge is 2.62. The first-order valence-corrected chi connectivity index (χ1v) is 12.2. The molecule has 1 heterocycles. The van der Waals surface area contributed by atoms with Crippen molar-refractivity contribution in [1.82, 2.24) is 9.88 Å². The molecule has 6 heteroatoms. The Kier molecular flexibility index (Phi) is 5.96. The van der Waals surface area contributed by atoms with E-state index in [1.165, 1.54) is 12.8 Å². The summed E-state index contributed by atoms with van der Waals surface area (Å²) in [4.78, 5) is 26.2. The molecule has 2 bridgehead atoms. The lowest BCUT2D eigenvalue weighted by Gasteiger charge is -2.22. The Bertz CT molecular complexity index is 1160. The Hall–Kier alpha value is -2.37. The van der Waals surface area contributed by atoms with E-state index in [9.17, 15) is 9.59 Å². The van der Waals surface area contributed by atoms with Crippen molar-refractivity contribution in [2.45, 2.75) is 45.8 Å². The van der Waals surface area contributed by atoms with Crippen LogP contribution in [0.5, 0.6) is 0 Å². The molecule has 1 amide bonds. The maximum atomic E-state index is 13.3. The fourth-order valence-electron chi connectivity index (χ4n) is 6.27. The summed E-state index contributed by atoms with van der Waals surface area (Å²) in [6.07, 6.45) is 9.25. The van der Waals surface area contributed by atoms with Gasteiger partial charge in [0.2, 0.25) is 0 Å². The van der Waals surface area contributed by atoms with Gasteiger partial charge < -0.3 is 14.6 Å². The molecule has 1 aromatic heterocycles. The van der Waals surface area contributed by atoms with Crippen LogP contribution in [0.25, 0.3) is 0 Å². The molecular weight excluding hydrogens is 436 g/mol. The molecule has 0 saturated heterocycles. The number of amides is 1. The number of pyridine rings is 1. The average molecular weight is 467 g/mol. The zero-order chi connectivity index (χ0) is 23.2. The van der Waals surface area contributed by atoms with Gasteiger partial charge in [0.15, 0.2) is 5.43 Å². The lowest BCUT2D eigenvalue weighted by molar-refractivity contribution is 0.0935. The number of rotatable bonds is 8. The Labute approximate surface area is 199 Å². The number of aryl methyl sites for hydroxylation is 2. The van der Waals surface area contributed by atoms with Crippen molar-refractivity contribution in [3.63, 3.8) is 0 Å². The predicted octanol–water partition coefficient (Wildman–Crippen LogP) is 4.53. The molecular formula is C27H31ClN2O3. The molecule has 5 nitrogen and oxygen atoms in total. The molecule has 2 aromatic rings. The second-order valence-corrected chi connectivity index (χ2v) is 10.3. The maximum absolute atomic E-state index is 13.3. The highest BCUT2D eigenvalue weighted by molar-refractivity contribution is 6.30. The molecule has 3 aliphatic rings. The van der Waals surface area contributed by atoms with E-state index in [2.05, 4.69) is 17.5 Å². The number of nitrogens with zero attached hydrogens (tertiary/aromatic N) is 1. The Morgan fingerprint density at radius 2 is 2.09 bits per heavy atom. The second-order valence-electron chi connectivity index (χ2n) is 9.89. The van der Waals surface area contributed by atoms with Gasteiger partial charge >= 0.3 is 0 Å². The largest absolute Gasteiger partial charge is 0.378 e. The Morgan fingerprint density at radius 3 is 2.79 bits per heavy atom. The minimum atomic E-state index is -0.292. The standard InChI is InChI=1S/C27H31ClN2O3/c1-17-12-24(31)25(23(16-33-2)30(17)11-8-18-4-3-5-21(28)13-18)26(32)29-15-19-14-20-6-7-22(19)27(20)9-10-27/h3-7,12-13,19-20,22H,8-11,14-16H2,1-2H3,(H,29,32)/t19-,20+,22+/m0/s1. The van der Waals surface area contributed by atoms with Crippen LogP contribution in [0.1, 0.15) is 46.6 Å². The molecule has 5 rings (SSSR count). The van der Waals surface area contributed by atoms with Crippen LogP contribution in [0.15, 0.2) is 47.3 Å². The van der Waals surface area contributed by atoms with E-state index in [1.807, 2.05) is 35.8 Å². The smallest absolute Gasteiger partial charge is 0.257 e. The van der Waals surface area contributed by atoms with Gasteiger partial charge in [-0.3, -0.25) is 9.59 Å². The van der Waals surface area contributed by atoms with Crippen molar-refractivity contribution in [3.05, 3.63) is 80.2 Å². The first-order chi connectivity index (χ1) is 15.9. The van der Waals surface area contributed by atoms with Crippen LogP contribution in [0, 0.1) is 30.1 Å². The number of carbonyl (C=O) groups is 1. The van der Waals surface area contributed by atoms with Crippen LogP contribution in [0.2, 0.25) is 5.02 Å². The van der Waals surface area contributed by atoms with Gasteiger partial charge in [0, 0.05) is 37.0 Å². The minimum absolute atomic E-state index is 0.202. The molecule has 3 atom stereocenters. The quantitative estimate of drug-likeness (QED) is 0.581. The molecule has 174 valence electrons. The molecule has 0 radical (unpaired) electrons. The normalized spacial score (nSPS) is 23.9. The summed E-state index contributed by atoms with van der Waals surface area (Å²) in [6, 6.07) is 9.32. The Morgan fingerprint density at radius 1 is 1.27 bits per heavy atom. The lowest BCUT2D eigenvalue weighted by atomic mass is 9.89. The first kappa shape index (κ1) is 22.4. The number of halogens is 1. The summed E-state index contributed by atoms with van der Waals surface area (Å²) in [7, 11) is 1.59. The van der Waals surface area contributed by atoms with Crippen molar-refractivity contribution in [2.75, 3.05) is 13.7 Å². The van der Waals surface area contributed by atoms with E-state index in [1.54, 1.807) is 13.2 Å². The second kappa shape index (κ2) is 8.77. The van der Waals surface area contributed by atoms with E-state index in [-0.39, 0.29) is 23.5 Å². The number of aromatic nitrogens is 1. The highest BCUT2D eigenvalue weighted by atomic mass is 35.5. The summed E-state index contributed by atoms with van der Waals surface area (Å²) in [6.45, 7) is 3.35. The van der Waals surface area contributed by atoms with E-state index in [4.69, 9.17) is 16.3 Å². The molecule has 2 saturated carbocycles.